The zero-order valence-electron chi connectivity index (χ0n) is 13.5. The van der Waals surface area contributed by atoms with E-state index in [1.54, 1.807) is 4.68 Å². The summed E-state index contributed by atoms with van der Waals surface area (Å²) in [5.41, 5.74) is 3.20. The van der Waals surface area contributed by atoms with E-state index in [1.807, 2.05) is 27.1 Å². The van der Waals surface area contributed by atoms with Crippen LogP contribution in [-0.4, -0.2) is 31.3 Å². The van der Waals surface area contributed by atoms with E-state index in [2.05, 4.69) is 26.2 Å². The van der Waals surface area contributed by atoms with Gasteiger partial charge in [-0.2, -0.15) is 5.10 Å². The molecule has 0 aliphatic carbocycles. The van der Waals surface area contributed by atoms with Crippen molar-refractivity contribution in [2.45, 2.75) is 52.1 Å². The van der Waals surface area contributed by atoms with Crippen LogP contribution in [0.25, 0.3) is 0 Å². The van der Waals surface area contributed by atoms with E-state index in [0.29, 0.717) is 6.42 Å². The summed E-state index contributed by atoms with van der Waals surface area (Å²) in [5.74, 6) is 1.25. The van der Waals surface area contributed by atoms with Crippen molar-refractivity contribution in [3.8, 4) is 0 Å². The smallest absolute Gasteiger partial charge is 0.220 e. The summed E-state index contributed by atoms with van der Waals surface area (Å²) in [6, 6.07) is 0.212. The average Bonchev–Trinajstić information content (AvgIpc) is 2.97. The highest BCUT2D eigenvalue weighted by Crippen LogP contribution is 2.15. The van der Waals surface area contributed by atoms with E-state index in [9.17, 15) is 4.79 Å². The molecule has 0 saturated carbocycles. The fourth-order valence-corrected chi connectivity index (χ4v) is 3.15. The van der Waals surface area contributed by atoms with Crippen LogP contribution in [0.1, 0.15) is 35.6 Å². The van der Waals surface area contributed by atoms with Crippen molar-refractivity contribution in [3.05, 3.63) is 35.2 Å². The van der Waals surface area contributed by atoms with E-state index in [0.717, 1.165) is 48.6 Å². The Balaban J connectivity index is 1.51. The normalized spacial score (nSPS) is 17.3. The van der Waals surface area contributed by atoms with Crippen molar-refractivity contribution in [2.75, 3.05) is 0 Å². The lowest BCUT2D eigenvalue weighted by Gasteiger charge is -2.24. The van der Waals surface area contributed by atoms with Gasteiger partial charge in [-0.05, 0) is 32.3 Å². The molecule has 1 N–H and O–H groups in total. The molecule has 22 heavy (non-hydrogen) atoms. The number of nitrogens with zero attached hydrogens (tertiary/aromatic N) is 4. The van der Waals surface area contributed by atoms with Gasteiger partial charge in [0, 0.05) is 44.9 Å². The third-order valence-electron chi connectivity index (χ3n) is 4.21. The van der Waals surface area contributed by atoms with E-state index in [-0.39, 0.29) is 11.9 Å². The Bertz CT molecular complexity index is 685. The number of hydrogen-bond donors (Lipinski definition) is 1. The van der Waals surface area contributed by atoms with Crippen LogP contribution in [0.4, 0.5) is 0 Å². The molecule has 2 aromatic rings. The molecule has 0 unspecified atom stereocenters. The van der Waals surface area contributed by atoms with Gasteiger partial charge in [0.25, 0.3) is 0 Å². The summed E-state index contributed by atoms with van der Waals surface area (Å²) >= 11 is 0. The third kappa shape index (κ3) is 3.21. The van der Waals surface area contributed by atoms with Crippen molar-refractivity contribution in [3.63, 3.8) is 0 Å². The molecule has 3 heterocycles. The number of amides is 1. The van der Waals surface area contributed by atoms with Gasteiger partial charge in [-0.15, -0.1) is 0 Å². The molecule has 1 amide bonds. The largest absolute Gasteiger partial charge is 0.352 e. The number of fused-ring (bicyclic) bond motifs is 1. The standard InChI is InChI=1S/C16H23N5O/c1-11-8-21-10-14(5-6-15(21)17-11)18-16(22)7-4-13-9-20(3)19-12(13)2/h8-9,14H,4-7,10H2,1-3H3,(H,18,22)/t14-/m0/s1. The highest BCUT2D eigenvalue weighted by atomic mass is 16.1. The summed E-state index contributed by atoms with van der Waals surface area (Å²) < 4.78 is 3.96. The van der Waals surface area contributed by atoms with Gasteiger partial charge < -0.3 is 9.88 Å². The zero-order valence-corrected chi connectivity index (χ0v) is 13.5. The van der Waals surface area contributed by atoms with Crippen LogP contribution in [0.2, 0.25) is 0 Å². The van der Waals surface area contributed by atoms with Crippen LogP contribution < -0.4 is 5.32 Å². The fourth-order valence-electron chi connectivity index (χ4n) is 3.15. The Morgan fingerprint density at radius 1 is 1.41 bits per heavy atom. The van der Waals surface area contributed by atoms with Crippen molar-refractivity contribution in [1.82, 2.24) is 24.6 Å². The first-order chi connectivity index (χ1) is 10.5. The maximum atomic E-state index is 12.2. The molecule has 2 aromatic heterocycles. The number of carbonyl (C=O) groups is 1. The van der Waals surface area contributed by atoms with Gasteiger partial charge in [-0.25, -0.2) is 4.98 Å². The summed E-state index contributed by atoms with van der Waals surface area (Å²) in [5, 5.41) is 7.46. The molecular formula is C16H23N5O. The minimum absolute atomic E-state index is 0.119. The van der Waals surface area contributed by atoms with E-state index in [1.165, 1.54) is 0 Å². The second-order valence-electron chi connectivity index (χ2n) is 6.17. The summed E-state index contributed by atoms with van der Waals surface area (Å²) in [4.78, 5) is 16.7. The van der Waals surface area contributed by atoms with Crippen LogP contribution in [0.5, 0.6) is 0 Å². The van der Waals surface area contributed by atoms with E-state index >= 15 is 0 Å². The second kappa shape index (κ2) is 5.94. The molecule has 1 atom stereocenters. The van der Waals surface area contributed by atoms with Crippen LogP contribution in [0.15, 0.2) is 12.4 Å². The molecule has 118 valence electrons. The van der Waals surface area contributed by atoms with Crippen LogP contribution in [0.3, 0.4) is 0 Å². The number of aromatic nitrogens is 4. The first-order valence-electron chi connectivity index (χ1n) is 7.82. The Kier molecular flexibility index (Phi) is 4.00. The quantitative estimate of drug-likeness (QED) is 0.925. The SMILES string of the molecule is Cc1cn2c(n1)CC[C@H](NC(=O)CCc1cn(C)nc1C)C2. The number of rotatable bonds is 4. The molecule has 1 aliphatic heterocycles. The first-order valence-corrected chi connectivity index (χ1v) is 7.82. The van der Waals surface area contributed by atoms with Gasteiger partial charge in [-0.3, -0.25) is 9.48 Å². The molecule has 0 spiro atoms. The monoisotopic (exact) mass is 301 g/mol. The van der Waals surface area contributed by atoms with Crippen molar-refractivity contribution in [1.29, 1.82) is 0 Å². The Morgan fingerprint density at radius 2 is 2.23 bits per heavy atom. The minimum atomic E-state index is 0.119. The topological polar surface area (TPSA) is 64.7 Å². The molecule has 0 fully saturated rings. The van der Waals surface area contributed by atoms with Crippen LogP contribution >= 0.6 is 0 Å². The number of hydrogen-bond acceptors (Lipinski definition) is 3. The number of nitrogens with one attached hydrogen (secondary N) is 1. The number of carbonyl (C=O) groups excluding carboxylic acids is 1. The predicted molar refractivity (Wildman–Crippen MR) is 83.5 cm³/mol. The molecule has 0 saturated heterocycles. The maximum absolute atomic E-state index is 12.2. The van der Waals surface area contributed by atoms with Crippen LogP contribution in [0, 0.1) is 13.8 Å². The van der Waals surface area contributed by atoms with Gasteiger partial charge in [-0.1, -0.05) is 0 Å². The molecule has 1 aliphatic rings. The van der Waals surface area contributed by atoms with Gasteiger partial charge >= 0.3 is 0 Å². The first kappa shape index (κ1) is 14.8. The molecule has 3 rings (SSSR count). The average molecular weight is 301 g/mol. The number of imidazole rings is 1. The van der Waals surface area contributed by atoms with Gasteiger partial charge in [0.15, 0.2) is 0 Å². The summed E-state index contributed by atoms with van der Waals surface area (Å²) in [6.45, 7) is 4.82. The lowest BCUT2D eigenvalue weighted by molar-refractivity contribution is -0.122. The third-order valence-corrected chi connectivity index (χ3v) is 4.21. The maximum Gasteiger partial charge on any atom is 0.220 e. The van der Waals surface area contributed by atoms with Gasteiger partial charge in [0.2, 0.25) is 5.91 Å². The lowest BCUT2D eigenvalue weighted by atomic mass is 10.1. The Hall–Kier alpha value is -2.11. The highest BCUT2D eigenvalue weighted by molar-refractivity contribution is 5.76. The van der Waals surface area contributed by atoms with E-state index in [4.69, 9.17) is 0 Å². The van der Waals surface area contributed by atoms with E-state index < -0.39 is 0 Å². The van der Waals surface area contributed by atoms with Crippen molar-refractivity contribution in [2.24, 2.45) is 7.05 Å². The Morgan fingerprint density at radius 3 is 2.95 bits per heavy atom. The minimum Gasteiger partial charge on any atom is -0.352 e. The fraction of sp³-hybridized carbons (Fsp3) is 0.562. The van der Waals surface area contributed by atoms with Gasteiger partial charge in [0.05, 0.1) is 11.4 Å². The zero-order chi connectivity index (χ0) is 15.7. The number of aryl methyl sites for hydroxylation is 5. The molecule has 0 radical (unpaired) electrons. The van der Waals surface area contributed by atoms with Crippen molar-refractivity contribution < 1.29 is 4.79 Å². The Labute approximate surface area is 130 Å². The molecular weight excluding hydrogens is 278 g/mol. The molecule has 0 aromatic carbocycles. The summed E-state index contributed by atoms with van der Waals surface area (Å²) in [7, 11) is 1.91. The molecule has 6 heteroatoms. The lowest BCUT2D eigenvalue weighted by Crippen LogP contribution is -2.40. The molecule has 6 nitrogen and oxygen atoms in total. The molecule has 0 bridgehead atoms. The van der Waals surface area contributed by atoms with Crippen molar-refractivity contribution >= 4 is 5.91 Å². The summed E-state index contributed by atoms with van der Waals surface area (Å²) in [6.07, 6.45) is 7.21. The highest BCUT2D eigenvalue weighted by Gasteiger charge is 2.21. The van der Waals surface area contributed by atoms with Crippen LogP contribution in [-0.2, 0) is 31.2 Å². The second-order valence-corrected chi connectivity index (χ2v) is 6.17. The predicted octanol–water partition coefficient (Wildman–Crippen LogP) is 1.30. The van der Waals surface area contributed by atoms with Gasteiger partial charge in [0.1, 0.15) is 5.82 Å².